The molecule has 0 atom stereocenters. The van der Waals surface area contributed by atoms with Gasteiger partial charge in [-0.3, -0.25) is 14.6 Å². The van der Waals surface area contributed by atoms with Gasteiger partial charge in [0.05, 0.1) is 24.8 Å². The summed E-state index contributed by atoms with van der Waals surface area (Å²) in [6.45, 7) is 3.92. The van der Waals surface area contributed by atoms with Crippen molar-refractivity contribution in [3.8, 4) is 5.75 Å². The number of Topliss-reactive ketones (excluding diaryl/α,β-unsaturated/α-hetero) is 1. The van der Waals surface area contributed by atoms with Crippen molar-refractivity contribution in [1.82, 2.24) is 0 Å². The van der Waals surface area contributed by atoms with Crippen LogP contribution in [0, 0.1) is 0 Å². The molecular weight excluding hydrogens is 464 g/mol. The molecule has 0 radical (unpaired) electrons. The third kappa shape index (κ3) is 5.35. The first-order valence-corrected chi connectivity index (χ1v) is 10.3. The zero-order valence-corrected chi connectivity index (χ0v) is 18.8. The Labute approximate surface area is 192 Å². The number of ketones is 1. The Balaban J connectivity index is 1.78. The van der Waals surface area contributed by atoms with Gasteiger partial charge in [-0.05, 0) is 73.8 Å². The van der Waals surface area contributed by atoms with Crippen LogP contribution in [0.5, 0.6) is 5.75 Å². The molecule has 2 aromatic rings. The Morgan fingerprint density at radius 1 is 1.12 bits per heavy atom. The third-order valence-corrected chi connectivity index (χ3v) is 5.36. The van der Waals surface area contributed by atoms with Gasteiger partial charge in [0.1, 0.15) is 5.75 Å². The van der Waals surface area contributed by atoms with E-state index in [1.54, 1.807) is 12.4 Å². The van der Waals surface area contributed by atoms with Crippen LogP contribution in [-0.2, 0) is 11.2 Å². The largest absolute Gasteiger partial charge is 0.497 e. The number of rotatable bonds is 7. The van der Waals surface area contributed by atoms with E-state index in [-0.39, 0.29) is 23.5 Å². The molecule has 2 aromatic carbocycles. The summed E-state index contributed by atoms with van der Waals surface area (Å²) in [5.41, 5.74) is 2.08. The molecule has 0 fully saturated rings. The van der Waals surface area contributed by atoms with Crippen LogP contribution in [0.3, 0.4) is 0 Å². The summed E-state index contributed by atoms with van der Waals surface area (Å²) in [5.74, 6) is -7.03. The molecule has 5 nitrogen and oxygen atoms in total. The number of aliphatic imine (C=N–C) groups is 1. The number of anilines is 1. The summed E-state index contributed by atoms with van der Waals surface area (Å²) in [7, 11) is 1.54. The maximum absolute atomic E-state index is 13.3. The summed E-state index contributed by atoms with van der Waals surface area (Å²) in [4.78, 5) is 29.1. The monoisotopic (exact) mass is 484 g/mol. The van der Waals surface area contributed by atoms with Gasteiger partial charge in [0.15, 0.2) is 5.78 Å². The predicted octanol–water partition coefficient (Wildman–Crippen LogP) is 5.50. The Bertz CT molecular complexity index is 1110. The normalized spacial score (nSPS) is 15.3. The van der Waals surface area contributed by atoms with Gasteiger partial charge < -0.3 is 10.1 Å². The molecule has 10 heteroatoms. The number of carbonyl (C=O) groups is 2. The zero-order chi connectivity index (χ0) is 24.6. The molecule has 176 valence electrons. The van der Waals surface area contributed by atoms with E-state index in [2.05, 4.69) is 11.6 Å². The first kappa shape index (κ1) is 24.7. The van der Waals surface area contributed by atoms with Gasteiger partial charge in [0.2, 0.25) is 0 Å². The number of halogens is 5. The summed E-state index contributed by atoms with van der Waals surface area (Å²) < 4.78 is 57.5. The van der Waals surface area contributed by atoms with Crippen molar-refractivity contribution in [3.05, 3.63) is 59.2 Å². The Kier molecular flexibility index (Phi) is 6.57. The number of carbonyl (C=O) groups excluding carboxylic acids is 2. The average Bonchev–Trinajstić information content (AvgIpc) is 2.72. The standard InChI is InChI=1S/C23H21ClF4N2O3/c1-21(2)12-14-6-9-16(33-3)10-17(14)18(30-21)11-19(31)13-4-7-15(8-5-13)29-20(32)22(25,26)23(24,27)28/h4-10H,11-12H2,1-3H3,(H,29,32). The summed E-state index contributed by atoms with van der Waals surface area (Å²) >= 11 is 4.31. The lowest BCUT2D eigenvalue weighted by molar-refractivity contribution is -0.175. The van der Waals surface area contributed by atoms with Gasteiger partial charge in [0, 0.05) is 16.8 Å². The highest BCUT2D eigenvalue weighted by Gasteiger charge is 2.61. The Hall–Kier alpha value is -2.94. The molecule has 0 unspecified atom stereocenters. The summed E-state index contributed by atoms with van der Waals surface area (Å²) in [5, 5.41) is -3.37. The molecule has 1 amide bonds. The van der Waals surface area contributed by atoms with Gasteiger partial charge in [-0.25, -0.2) is 0 Å². The second-order valence-electron chi connectivity index (χ2n) is 8.27. The smallest absolute Gasteiger partial charge is 0.401 e. The maximum Gasteiger partial charge on any atom is 0.401 e. The number of amides is 1. The van der Waals surface area contributed by atoms with Crippen molar-refractivity contribution in [2.24, 2.45) is 4.99 Å². The van der Waals surface area contributed by atoms with Gasteiger partial charge in [0.25, 0.3) is 0 Å². The van der Waals surface area contributed by atoms with Crippen molar-refractivity contribution >= 4 is 34.7 Å². The molecule has 0 saturated heterocycles. The van der Waals surface area contributed by atoms with Crippen LogP contribution in [0.4, 0.5) is 23.2 Å². The number of alkyl halides is 5. The summed E-state index contributed by atoms with van der Waals surface area (Å²) in [6.07, 6.45) is 0.677. The fraction of sp³-hybridized carbons (Fsp3) is 0.348. The molecular formula is C23H21ClF4N2O3. The van der Waals surface area contributed by atoms with Crippen molar-refractivity contribution in [3.63, 3.8) is 0 Å². The van der Waals surface area contributed by atoms with Gasteiger partial charge in [-0.15, -0.1) is 0 Å². The second-order valence-corrected chi connectivity index (χ2v) is 8.75. The molecule has 0 saturated carbocycles. The molecule has 1 aliphatic heterocycles. The lowest BCUT2D eigenvalue weighted by Crippen LogP contribution is -2.46. The summed E-state index contributed by atoms with van der Waals surface area (Å²) in [6, 6.07) is 10.5. The van der Waals surface area contributed by atoms with Crippen LogP contribution < -0.4 is 10.1 Å². The minimum Gasteiger partial charge on any atom is -0.497 e. The van der Waals surface area contributed by atoms with Crippen LogP contribution >= 0.6 is 11.6 Å². The first-order chi connectivity index (χ1) is 15.2. The van der Waals surface area contributed by atoms with Crippen molar-refractivity contribution in [2.45, 2.75) is 43.5 Å². The van der Waals surface area contributed by atoms with Crippen molar-refractivity contribution in [1.29, 1.82) is 0 Å². The molecule has 33 heavy (non-hydrogen) atoms. The van der Waals surface area contributed by atoms with E-state index in [0.29, 0.717) is 17.9 Å². The zero-order valence-electron chi connectivity index (χ0n) is 18.0. The number of hydrogen-bond donors (Lipinski definition) is 1. The van der Waals surface area contributed by atoms with Crippen LogP contribution in [0.15, 0.2) is 47.5 Å². The van der Waals surface area contributed by atoms with Gasteiger partial charge >= 0.3 is 17.2 Å². The minimum absolute atomic E-state index is 0.0220. The van der Waals surface area contributed by atoms with E-state index in [0.717, 1.165) is 23.3 Å². The van der Waals surface area contributed by atoms with E-state index >= 15 is 0 Å². The molecule has 3 rings (SSSR count). The number of hydrogen-bond acceptors (Lipinski definition) is 4. The van der Waals surface area contributed by atoms with Crippen LogP contribution in [0.1, 0.15) is 41.8 Å². The molecule has 0 aromatic heterocycles. The highest BCUT2D eigenvalue weighted by atomic mass is 35.5. The fourth-order valence-corrected chi connectivity index (χ4v) is 3.59. The second kappa shape index (κ2) is 8.78. The first-order valence-electron chi connectivity index (χ1n) is 9.89. The van der Waals surface area contributed by atoms with E-state index in [9.17, 15) is 27.2 Å². The molecule has 1 heterocycles. The number of ether oxygens (including phenoxy) is 1. The molecule has 0 bridgehead atoms. The SMILES string of the molecule is COc1ccc2c(c1)C(CC(=O)c1ccc(NC(=O)C(F)(F)C(F)(F)Cl)cc1)=NC(C)(C)C2. The van der Waals surface area contributed by atoms with E-state index < -0.39 is 22.8 Å². The number of nitrogens with one attached hydrogen (secondary N) is 1. The number of fused-ring (bicyclic) bond motifs is 1. The fourth-order valence-electron chi connectivity index (χ4n) is 3.50. The van der Waals surface area contributed by atoms with E-state index in [4.69, 9.17) is 9.73 Å². The quantitative estimate of drug-likeness (QED) is 0.321. The van der Waals surface area contributed by atoms with Crippen molar-refractivity contribution < 1.29 is 31.9 Å². The Morgan fingerprint density at radius 2 is 1.76 bits per heavy atom. The van der Waals surface area contributed by atoms with Gasteiger partial charge in [-0.2, -0.15) is 17.6 Å². The van der Waals surface area contributed by atoms with Gasteiger partial charge in [-0.1, -0.05) is 6.07 Å². The highest BCUT2D eigenvalue weighted by molar-refractivity contribution is 6.24. The van der Waals surface area contributed by atoms with Crippen LogP contribution in [0.2, 0.25) is 0 Å². The van der Waals surface area contributed by atoms with E-state index in [1.807, 2.05) is 32.0 Å². The number of nitrogens with zero attached hydrogens (tertiary/aromatic N) is 1. The number of benzene rings is 2. The molecule has 1 N–H and O–H groups in total. The van der Waals surface area contributed by atoms with Crippen LogP contribution in [-0.4, -0.2) is 41.4 Å². The molecule has 0 aliphatic carbocycles. The molecule has 1 aliphatic rings. The van der Waals surface area contributed by atoms with Crippen molar-refractivity contribution in [2.75, 3.05) is 12.4 Å². The maximum atomic E-state index is 13.3. The average molecular weight is 485 g/mol. The number of methoxy groups -OCH3 is 1. The third-order valence-electron chi connectivity index (χ3n) is 5.12. The lowest BCUT2D eigenvalue weighted by atomic mass is 9.85. The van der Waals surface area contributed by atoms with Crippen LogP contribution in [0.25, 0.3) is 0 Å². The highest BCUT2D eigenvalue weighted by Crippen LogP contribution is 2.38. The Morgan fingerprint density at radius 3 is 2.33 bits per heavy atom. The topological polar surface area (TPSA) is 67.8 Å². The predicted molar refractivity (Wildman–Crippen MR) is 117 cm³/mol. The lowest BCUT2D eigenvalue weighted by Gasteiger charge is -2.29. The minimum atomic E-state index is -5.11. The van der Waals surface area contributed by atoms with E-state index in [1.165, 1.54) is 12.1 Å². The molecule has 0 spiro atoms.